The number of amides is 1. The van der Waals surface area contributed by atoms with Crippen LogP contribution in [-0.4, -0.2) is 42.0 Å². The fraction of sp³-hybridized carbons (Fsp3) is 0.571. The fourth-order valence-electron chi connectivity index (χ4n) is 2.59. The number of halogens is 1. The van der Waals surface area contributed by atoms with Gasteiger partial charge in [-0.25, -0.2) is 0 Å². The summed E-state index contributed by atoms with van der Waals surface area (Å²) in [4.78, 5) is 20.4. The van der Waals surface area contributed by atoms with Crippen LogP contribution in [0.3, 0.4) is 0 Å². The van der Waals surface area contributed by atoms with Crippen molar-refractivity contribution in [2.45, 2.75) is 19.3 Å². The van der Waals surface area contributed by atoms with Crippen molar-refractivity contribution in [3.05, 3.63) is 23.5 Å². The van der Waals surface area contributed by atoms with E-state index in [-0.39, 0.29) is 0 Å². The molecule has 5 heteroatoms. The molecule has 4 nitrogen and oxygen atoms in total. The van der Waals surface area contributed by atoms with Gasteiger partial charge in [-0.1, -0.05) is 11.6 Å². The van der Waals surface area contributed by atoms with Crippen LogP contribution in [0.25, 0.3) is 0 Å². The van der Waals surface area contributed by atoms with Crippen LogP contribution < -0.4 is 4.90 Å². The SMILES string of the molecule is O=C(C1CC1)N1CCCN(c2ccncc2Cl)CC1. The molecule has 1 saturated heterocycles. The molecule has 2 fully saturated rings. The molecule has 0 unspecified atom stereocenters. The van der Waals surface area contributed by atoms with Crippen LogP contribution in [0.5, 0.6) is 0 Å². The molecule has 1 aromatic heterocycles. The molecule has 0 bridgehead atoms. The summed E-state index contributed by atoms with van der Waals surface area (Å²) >= 11 is 6.19. The number of carbonyl (C=O) groups excluding carboxylic acids is 1. The molecule has 0 aromatic carbocycles. The van der Waals surface area contributed by atoms with Crippen molar-refractivity contribution in [2.24, 2.45) is 5.92 Å². The first kappa shape index (κ1) is 12.7. The lowest BCUT2D eigenvalue weighted by Crippen LogP contribution is -2.36. The van der Waals surface area contributed by atoms with E-state index in [1.807, 2.05) is 11.0 Å². The maximum absolute atomic E-state index is 12.1. The molecule has 1 aliphatic carbocycles. The molecule has 1 amide bonds. The van der Waals surface area contributed by atoms with Crippen LogP contribution in [-0.2, 0) is 4.79 Å². The van der Waals surface area contributed by atoms with Crippen molar-refractivity contribution in [1.82, 2.24) is 9.88 Å². The van der Waals surface area contributed by atoms with Gasteiger partial charge in [-0.15, -0.1) is 0 Å². The lowest BCUT2D eigenvalue weighted by Gasteiger charge is -2.24. The molecule has 0 spiro atoms. The van der Waals surface area contributed by atoms with Gasteiger partial charge in [0.2, 0.25) is 5.91 Å². The first-order chi connectivity index (χ1) is 9.25. The van der Waals surface area contributed by atoms with Crippen LogP contribution in [0.15, 0.2) is 18.5 Å². The second-order valence-corrected chi connectivity index (χ2v) is 5.67. The first-order valence-corrected chi connectivity index (χ1v) is 7.27. The van der Waals surface area contributed by atoms with Gasteiger partial charge in [0.15, 0.2) is 0 Å². The number of aromatic nitrogens is 1. The zero-order chi connectivity index (χ0) is 13.2. The maximum atomic E-state index is 12.1. The van der Waals surface area contributed by atoms with Crippen molar-refractivity contribution < 1.29 is 4.79 Å². The standard InChI is InChI=1S/C14H18ClN3O/c15-12-10-16-5-4-13(12)17-6-1-7-18(9-8-17)14(19)11-2-3-11/h4-5,10-11H,1-3,6-9H2. The summed E-state index contributed by atoms with van der Waals surface area (Å²) in [5.74, 6) is 0.665. The monoisotopic (exact) mass is 279 g/mol. The number of hydrogen-bond donors (Lipinski definition) is 0. The molecule has 0 radical (unpaired) electrons. The summed E-state index contributed by atoms with van der Waals surface area (Å²) < 4.78 is 0. The molecule has 19 heavy (non-hydrogen) atoms. The third-order valence-electron chi connectivity index (χ3n) is 3.83. The highest BCUT2D eigenvalue weighted by atomic mass is 35.5. The van der Waals surface area contributed by atoms with Crippen molar-refractivity contribution >= 4 is 23.2 Å². The van der Waals surface area contributed by atoms with E-state index in [1.54, 1.807) is 12.4 Å². The number of carbonyl (C=O) groups is 1. The van der Waals surface area contributed by atoms with Crippen LogP contribution in [0.4, 0.5) is 5.69 Å². The summed E-state index contributed by atoms with van der Waals surface area (Å²) in [5.41, 5.74) is 1.03. The van der Waals surface area contributed by atoms with E-state index >= 15 is 0 Å². The largest absolute Gasteiger partial charge is 0.368 e. The second-order valence-electron chi connectivity index (χ2n) is 5.27. The molecule has 2 heterocycles. The van der Waals surface area contributed by atoms with E-state index < -0.39 is 0 Å². The Kier molecular flexibility index (Phi) is 3.60. The molecule has 1 saturated carbocycles. The predicted octanol–water partition coefficient (Wildman–Crippen LogP) is 2.18. The van der Waals surface area contributed by atoms with Gasteiger partial charge in [0, 0.05) is 44.5 Å². The van der Waals surface area contributed by atoms with Gasteiger partial charge < -0.3 is 9.80 Å². The summed E-state index contributed by atoms with van der Waals surface area (Å²) in [6, 6.07) is 1.95. The topological polar surface area (TPSA) is 36.4 Å². The van der Waals surface area contributed by atoms with E-state index in [9.17, 15) is 4.79 Å². The van der Waals surface area contributed by atoms with Gasteiger partial charge in [-0.3, -0.25) is 9.78 Å². The minimum absolute atomic E-state index is 0.316. The van der Waals surface area contributed by atoms with Crippen LogP contribution in [0.2, 0.25) is 5.02 Å². The molecular formula is C14H18ClN3O. The average molecular weight is 280 g/mol. The zero-order valence-corrected chi connectivity index (χ0v) is 11.6. The van der Waals surface area contributed by atoms with Gasteiger partial charge in [0.05, 0.1) is 10.7 Å². The number of anilines is 1. The number of rotatable bonds is 2. The van der Waals surface area contributed by atoms with Gasteiger partial charge in [-0.2, -0.15) is 0 Å². The molecule has 102 valence electrons. The minimum atomic E-state index is 0.316. The Balaban J connectivity index is 1.67. The van der Waals surface area contributed by atoms with Gasteiger partial charge >= 0.3 is 0 Å². The minimum Gasteiger partial charge on any atom is -0.368 e. The molecular weight excluding hydrogens is 262 g/mol. The average Bonchev–Trinajstić information content (AvgIpc) is 3.25. The lowest BCUT2D eigenvalue weighted by atomic mass is 10.3. The van der Waals surface area contributed by atoms with Gasteiger partial charge in [0.1, 0.15) is 0 Å². The smallest absolute Gasteiger partial charge is 0.225 e. The Bertz CT molecular complexity index is 476. The van der Waals surface area contributed by atoms with Crippen LogP contribution in [0.1, 0.15) is 19.3 Å². The maximum Gasteiger partial charge on any atom is 0.225 e. The highest BCUT2D eigenvalue weighted by Gasteiger charge is 2.33. The van der Waals surface area contributed by atoms with Crippen molar-refractivity contribution in [3.8, 4) is 0 Å². The zero-order valence-electron chi connectivity index (χ0n) is 10.9. The molecule has 0 N–H and O–H groups in total. The van der Waals surface area contributed by atoms with Crippen LogP contribution >= 0.6 is 11.6 Å². The summed E-state index contributed by atoms with van der Waals surface area (Å²) in [5, 5.41) is 0.685. The molecule has 1 aromatic rings. The molecule has 3 rings (SSSR count). The van der Waals surface area contributed by atoms with Crippen molar-refractivity contribution in [2.75, 3.05) is 31.1 Å². The van der Waals surface area contributed by atoms with E-state index in [2.05, 4.69) is 9.88 Å². The third kappa shape index (κ3) is 2.84. The number of pyridine rings is 1. The predicted molar refractivity (Wildman–Crippen MR) is 75.4 cm³/mol. The lowest BCUT2D eigenvalue weighted by molar-refractivity contribution is -0.132. The third-order valence-corrected chi connectivity index (χ3v) is 4.12. The summed E-state index contributed by atoms with van der Waals surface area (Å²) in [6.07, 6.45) is 6.59. The fourth-order valence-corrected chi connectivity index (χ4v) is 2.83. The summed E-state index contributed by atoms with van der Waals surface area (Å²) in [7, 11) is 0. The first-order valence-electron chi connectivity index (χ1n) is 6.89. The van der Waals surface area contributed by atoms with E-state index in [1.165, 1.54) is 0 Å². The highest BCUT2D eigenvalue weighted by molar-refractivity contribution is 6.33. The van der Waals surface area contributed by atoms with E-state index in [4.69, 9.17) is 11.6 Å². The Morgan fingerprint density at radius 2 is 2.11 bits per heavy atom. The van der Waals surface area contributed by atoms with Crippen molar-refractivity contribution in [3.63, 3.8) is 0 Å². The Morgan fingerprint density at radius 1 is 1.26 bits per heavy atom. The molecule has 0 atom stereocenters. The number of hydrogen-bond acceptors (Lipinski definition) is 3. The highest BCUT2D eigenvalue weighted by Crippen LogP contribution is 2.32. The number of nitrogens with zero attached hydrogens (tertiary/aromatic N) is 3. The van der Waals surface area contributed by atoms with Gasteiger partial charge in [0.25, 0.3) is 0 Å². The quantitative estimate of drug-likeness (QED) is 0.833. The van der Waals surface area contributed by atoms with E-state index in [0.717, 1.165) is 51.1 Å². The van der Waals surface area contributed by atoms with Crippen molar-refractivity contribution in [1.29, 1.82) is 0 Å². The molecule has 2 aliphatic rings. The molecule has 1 aliphatic heterocycles. The second kappa shape index (κ2) is 5.37. The Morgan fingerprint density at radius 3 is 2.84 bits per heavy atom. The Hall–Kier alpha value is -1.29. The van der Waals surface area contributed by atoms with Gasteiger partial charge in [-0.05, 0) is 25.3 Å². The van der Waals surface area contributed by atoms with Crippen LogP contribution in [0, 0.1) is 5.92 Å². The normalized spacial score (nSPS) is 20.3. The van der Waals surface area contributed by atoms with E-state index in [0.29, 0.717) is 16.8 Å². The Labute approximate surface area is 118 Å². The summed E-state index contributed by atoms with van der Waals surface area (Å²) in [6.45, 7) is 3.46.